The van der Waals surface area contributed by atoms with Crippen LogP contribution in [0.3, 0.4) is 0 Å². The molecule has 0 unspecified atom stereocenters. The number of nitrogens with two attached hydrogens (primary N) is 1. The molecule has 0 fully saturated rings. The Morgan fingerprint density at radius 2 is 1.77 bits per heavy atom. The van der Waals surface area contributed by atoms with Gasteiger partial charge in [-0.05, 0) is 43.5 Å². The van der Waals surface area contributed by atoms with Crippen LogP contribution in [-0.2, 0) is 6.42 Å². The molecule has 0 aliphatic heterocycles. The van der Waals surface area contributed by atoms with Crippen molar-refractivity contribution in [1.29, 1.82) is 0 Å². The van der Waals surface area contributed by atoms with Crippen LogP contribution in [0.1, 0.15) is 18.9 Å². The Bertz CT molecular complexity index is 264. The van der Waals surface area contributed by atoms with Gasteiger partial charge in [-0.1, -0.05) is 23.2 Å². The molecule has 0 aliphatic carbocycles. The molecule has 0 radical (unpaired) electrons. The van der Waals surface area contributed by atoms with Gasteiger partial charge in [0.1, 0.15) is 0 Å². The van der Waals surface area contributed by atoms with Crippen LogP contribution < -0.4 is 5.73 Å². The summed E-state index contributed by atoms with van der Waals surface area (Å²) in [7, 11) is 0. The van der Waals surface area contributed by atoms with Gasteiger partial charge in [0.25, 0.3) is 0 Å². The van der Waals surface area contributed by atoms with E-state index in [0.29, 0.717) is 10.0 Å². The lowest BCUT2D eigenvalue weighted by molar-refractivity contribution is 0.666. The Morgan fingerprint density at radius 1 is 1.23 bits per heavy atom. The summed E-state index contributed by atoms with van der Waals surface area (Å²) in [5, 5.41) is 1.37. The van der Waals surface area contributed by atoms with E-state index in [2.05, 4.69) is 0 Å². The van der Waals surface area contributed by atoms with Gasteiger partial charge in [-0.3, -0.25) is 0 Å². The number of halogens is 2. The van der Waals surface area contributed by atoms with E-state index in [9.17, 15) is 0 Å². The molecule has 1 nitrogen and oxygen atoms in total. The maximum atomic E-state index is 5.85. The number of aryl methyl sites for hydroxylation is 1. The third kappa shape index (κ3) is 3.99. The van der Waals surface area contributed by atoms with E-state index in [-0.39, 0.29) is 6.04 Å². The summed E-state index contributed by atoms with van der Waals surface area (Å²) in [6.45, 7) is 1.99. The standard InChI is InChI=1S/C10H13Cl2N/c1-7(13)2-3-8-4-9(11)6-10(12)5-8/h4-7H,2-3,13H2,1H3/t7-/m1/s1. The summed E-state index contributed by atoms with van der Waals surface area (Å²) in [4.78, 5) is 0. The third-order valence-electron chi connectivity index (χ3n) is 1.81. The van der Waals surface area contributed by atoms with Gasteiger partial charge in [-0.25, -0.2) is 0 Å². The van der Waals surface area contributed by atoms with Crippen molar-refractivity contribution >= 4 is 23.2 Å². The van der Waals surface area contributed by atoms with Gasteiger partial charge in [-0.15, -0.1) is 0 Å². The van der Waals surface area contributed by atoms with Crippen molar-refractivity contribution in [3.05, 3.63) is 33.8 Å². The summed E-state index contributed by atoms with van der Waals surface area (Å²) >= 11 is 11.7. The lowest BCUT2D eigenvalue weighted by Crippen LogP contribution is -2.15. The minimum Gasteiger partial charge on any atom is -0.328 e. The van der Waals surface area contributed by atoms with Gasteiger partial charge in [-0.2, -0.15) is 0 Å². The molecule has 0 bridgehead atoms. The summed E-state index contributed by atoms with van der Waals surface area (Å²) in [5.74, 6) is 0. The van der Waals surface area contributed by atoms with Gasteiger partial charge >= 0.3 is 0 Å². The largest absolute Gasteiger partial charge is 0.328 e. The molecule has 2 N–H and O–H groups in total. The van der Waals surface area contributed by atoms with Gasteiger partial charge < -0.3 is 5.73 Å². The van der Waals surface area contributed by atoms with Gasteiger partial charge in [0, 0.05) is 16.1 Å². The van der Waals surface area contributed by atoms with Crippen LogP contribution in [-0.4, -0.2) is 6.04 Å². The Balaban J connectivity index is 2.66. The maximum absolute atomic E-state index is 5.85. The van der Waals surface area contributed by atoms with E-state index in [1.54, 1.807) is 6.07 Å². The lowest BCUT2D eigenvalue weighted by Gasteiger charge is -2.05. The molecule has 0 amide bonds. The first-order chi connectivity index (χ1) is 6.08. The highest BCUT2D eigenvalue weighted by Gasteiger charge is 2.00. The first kappa shape index (κ1) is 10.8. The summed E-state index contributed by atoms with van der Waals surface area (Å²) in [5.41, 5.74) is 6.80. The summed E-state index contributed by atoms with van der Waals surface area (Å²) in [6, 6.07) is 5.81. The molecule has 0 aromatic heterocycles. The molecule has 0 aliphatic rings. The number of hydrogen-bond donors (Lipinski definition) is 1. The normalized spacial score (nSPS) is 12.9. The zero-order valence-corrected chi connectivity index (χ0v) is 9.07. The van der Waals surface area contributed by atoms with Gasteiger partial charge in [0.15, 0.2) is 0 Å². The lowest BCUT2D eigenvalue weighted by atomic mass is 10.1. The second-order valence-electron chi connectivity index (χ2n) is 3.29. The zero-order valence-electron chi connectivity index (χ0n) is 7.56. The van der Waals surface area contributed by atoms with E-state index < -0.39 is 0 Å². The molecular formula is C10H13Cl2N. The van der Waals surface area contributed by atoms with Crippen molar-refractivity contribution < 1.29 is 0 Å². The number of rotatable bonds is 3. The van der Waals surface area contributed by atoms with Crippen LogP contribution in [0.4, 0.5) is 0 Å². The molecule has 1 atom stereocenters. The predicted octanol–water partition coefficient (Wildman–Crippen LogP) is 3.27. The first-order valence-corrected chi connectivity index (χ1v) is 5.04. The Kier molecular flexibility index (Phi) is 4.04. The average molecular weight is 218 g/mol. The first-order valence-electron chi connectivity index (χ1n) is 4.28. The van der Waals surface area contributed by atoms with E-state index in [0.717, 1.165) is 18.4 Å². The zero-order chi connectivity index (χ0) is 9.84. The summed E-state index contributed by atoms with van der Waals surface area (Å²) < 4.78 is 0. The molecule has 0 heterocycles. The van der Waals surface area contributed by atoms with Crippen molar-refractivity contribution in [2.24, 2.45) is 5.73 Å². The van der Waals surface area contributed by atoms with Crippen molar-refractivity contribution in [2.45, 2.75) is 25.8 Å². The minimum atomic E-state index is 0.220. The molecule has 72 valence electrons. The molecule has 0 spiro atoms. The van der Waals surface area contributed by atoms with Gasteiger partial charge in [0.2, 0.25) is 0 Å². The quantitative estimate of drug-likeness (QED) is 0.827. The highest BCUT2D eigenvalue weighted by atomic mass is 35.5. The predicted molar refractivity (Wildman–Crippen MR) is 58.4 cm³/mol. The smallest absolute Gasteiger partial charge is 0.0423 e. The van der Waals surface area contributed by atoms with Crippen LogP contribution in [0.5, 0.6) is 0 Å². The fourth-order valence-corrected chi connectivity index (χ4v) is 1.72. The van der Waals surface area contributed by atoms with E-state index >= 15 is 0 Å². The van der Waals surface area contributed by atoms with E-state index in [4.69, 9.17) is 28.9 Å². The molecular weight excluding hydrogens is 205 g/mol. The van der Waals surface area contributed by atoms with E-state index in [1.807, 2.05) is 19.1 Å². The van der Waals surface area contributed by atoms with Crippen LogP contribution >= 0.6 is 23.2 Å². The molecule has 1 aromatic carbocycles. The molecule has 0 saturated heterocycles. The fourth-order valence-electron chi connectivity index (χ4n) is 1.15. The fraction of sp³-hybridized carbons (Fsp3) is 0.400. The Morgan fingerprint density at radius 3 is 2.23 bits per heavy atom. The van der Waals surface area contributed by atoms with Crippen molar-refractivity contribution in [2.75, 3.05) is 0 Å². The molecule has 3 heteroatoms. The highest BCUT2D eigenvalue weighted by molar-refractivity contribution is 6.34. The van der Waals surface area contributed by atoms with Crippen LogP contribution in [0.15, 0.2) is 18.2 Å². The Labute approximate surface area is 88.8 Å². The second kappa shape index (κ2) is 4.85. The second-order valence-corrected chi connectivity index (χ2v) is 4.17. The Hall–Kier alpha value is -0.240. The van der Waals surface area contributed by atoms with Crippen LogP contribution in [0, 0.1) is 0 Å². The average Bonchev–Trinajstić information content (AvgIpc) is 1.99. The third-order valence-corrected chi connectivity index (χ3v) is 2.25. The topological polar surface area (TPSA) is 26.0 Å². The molecule has 0 saturated carbocycles. The van der Waals surface area contributed by atoms with E-state index in [1.165, 1.54) is 0 Å². The summed E-state index contributed by atoms with van der Waals surface area (Å²) in [6.07, 6.45) is 1.88. The maximum Gasteiger partial charge on any atom is 0.0423 e. The van der Waals surface area contributed by atoms with Crippen molar-refractivity contribution in [3.63, 3.8) is 0 Å². The molecule has 1 rings (SSSR count). The van der Waals surface area contributed by atoms with Gasteiger partial charge in [0.05, 0.1) is 0 Å². The molecule has 13 heavy (non-hydrogen) atoms. The minimum absolute atomic E-state index is 0.220. The molecule has 1 aromatic rings. The van der Waals surface area contributed by atoms with Crippen LogP contribution in [0.2, 0.25) is 10.0 Å². The monoisotopic (exact) mass is 217 g/mol. The highest BCUT2D eigenvalue weighted by Crippen LogP contribution is 2.20. The van der Waals surface area contributed by atoms with Crippen LogP contribution in [0.25, 0.3) is 0 Å². The SMILES string of the molecule is C[C@@H](N)CCc1cc(Cl)cc(Cl)c1. The van der Waals surface area contributed by atoms with Crippen molar-refractivity contribution in [3.8, 4) is 0 Å². The number of benzene rings is 1. The van der Waals surface area contributed by atoms with Crippen molar-refractivity contribution in [1.82, 2.24) is 0 Å². The number of hydrogen-bond acceptors (Lipinski definition) is 1.